The molecule has 6 aromatic carbocycles. The Labute approximate surface area is 236 Å². The van der Waals surface area contributed by atoms with Crippen molar-refractivity contribution in [3.05, 3.63) is 137 Å². The zero-order valence-electron chi connectivity index (χ0n) is 23.8. The highest BCUT2D eigenvalue weighted by atomic mass is 15.2. The number of nitrogens with zero attached hydrogens (tertiary/aromatic N) is 1. The van der Waals surface area contributed by atoms with E-state index in [4.69, 9.17) is 0 Å². The molecule has 0 aromatic heterocycles. The summed E-state index contributed by atoms with van der Waals surface area (Å²) in [6, 6.07) is 40.9. The van der Waals surface area contributed by atoms with Crippen LogP contribution in [0.2, 0.25) is 0 Å². The first-order valence-electron chi connectivity index (χ1n) is 14.4. The molecule has 1 aliphatic carbocycles. The Morgan fingerprint density at radius 1 is 0.450 bits per heavy atom. The van der Waals surface area contributed by atoms with Gasteiger partial charge in [-0.25, -0.2) is 0 Å². The average molecular weight is 516 g/mol. The van der Waals surface area contributed by atoms with Gasteiger partial charge in [-0.05, 0) is 74.8 Å². The normalized spacial score (nSPS) is 16.0. The molecule has 1 heteroatoms. The lowest BCUT2D eigenvalue weighted by Gasteiger charge is -2.43. The minimum atomic E-state index is -0.143. The molecule has 1 heterocycles. The van der Waals surface area contributed by atoms with Gasteiger partial charge in [0.05, 0.1) is 17.1 Å². The first-order valence-corrected chi connectivity index (χ1v) is 14.4. The Hall–Kier alpha value is -4.36. The van der Waals surface area contributed by atoms with Gasteiger partial charge in [0.25, 0.3) is 0 Å². The van der Waals surface area contributed by atoms with Gasteiger partial charge in [-0.3, -0.25) is 0 Å². The monoisotopic (exact) mass is 515 g/mol. The third-order valence-corrected chi connectivity index (χ3v) is 9.83. The van der Waals surface area contributed by atoms with E-state index in [-0.39, 0.29) is 10.8 Å². The smallest absolute Gasteiger partial charge is 0.0618 e. The van der Waals surface area contributed by atoms with Crippen LogP contribution >= 0.6 is 0 Å². The molecule has 6 aromatic rings. The molecule has 1 nitrogen and oxygen atoms in total. The van der Waals surface area contributed by atoms with E-state index in [1.807, 2.05) is 0 Å². The fourth-order valence-corrected chi connectivity index (χ4v) is 7.70. The minimum absolute atomic E-state index is 0.0643. The van der Waals surface area contributed by atoms with Gasteiger partial charge in [0.1, 0.15) is 0 Å². The van der Waals surface area contributed by atoms with Crippen molar-refractivity contribution in [2.24, 2.45) is 0 Å². The zero-order chi connectivity index (χ0) is 27.4. The Bertz CT molecular complexity index is 1970. The molecule has 0 saturated heterocycles. The quantitative estimate of drug-likeness (QED) is 0.197. The number of rotatable bonds is 1. The van der Waals surface area contributed by atoms with Crippen molar-refractivity contribution in [3.63, 3.8) is 0 Å². The van der Waals surface area contributed by atoms with Crippen LogP contribution in [0.3, 0.4) is 0 Å². The highest BCUT2D eigenvalue weighted by Crippen LogP contribution is 2.58. The summed E-state index contributed by atoms with van der Waals surface area (Å²) in [6.45, 7) is 11.8. The van der Waals surface area contributed by atoms with Crippen molar-refractivity contribution >= 4 is 38.6 Å². The first kappa shape index (κ1) is 23.5. The number of fused-ring (bicyclic) bond motifs is 7. The summed E-state index contributed by atoms with van der Waals surface area (Å²) in [5.74, 6) is 0. The maximum Gasteiger partial charge on any atom is 0.0618 e. The number of benzene rings is 6. The predicted octanol–water partition coefficient (Wildman–Crippen LogP) is 10.7. The van der Waals surface area contributed by atoms with Crippen molar-refractivity contribution in [2.45, 2.75) is 45.4 Å². The number of anilines is 3. The molecule has 0 spiro atoms. The van der Waals surface area contributed by atoms with Crippen LogP contribution in [0.4, 0.5) is 17.1 Å². The molecule has 2 aliphatic rings. The van der Waals surface area contributed by atoms with Gasteiger partial charge >= 0.3 is 0 Å². The van der Waals surface area contributed by atoms with E-state index < -0.39 is 0 Å². The van der Waals surface area contributed by atoms with E-state index in [0.29, 0.717) is 0 Å². The molecule has 40 heavy (non-hydrogen) atoms. The van der Waals surface area contributed by atoms with Gasteiger partial charge in [0.2, 0.25) is 0 Å². The van der Waals surface area contributed by atoms with Crippen LogP contribution < -0.4 is 4.90 Å². The number of aryl methyl sites for hydroxylation is 1. The molecule has 0 radical (unpaired) electrons. The molecule has 0 unspecified atom stereocenters. The summed E-state index contributed by atoms with van der Waals surface area (Å²) < 4.78 is 0. The van der Waals surface area contributed by atoms with Gasteiger partial charge in [0.15, 0.2) is 0 Å². The van der Waals surface area contributed by atoms with Crippen LogP contribution in [0, 0.1) is 6.92 Å². The molecule has 0 saturated carbocycles. The summed E-state index contributed by atoms with van der Waals surface area (Å²) >= 11 is 0. The molecule has 0 bridgehead atoms. The van der Waals surface area contributed by atoms with E-state index in [1.165, 1.54) is 77.6 Å². The predicted molar refractivity (Wildman–Crippen MR) is 171 cm³/mol. The molecule has 0 amide bonds. The van der Waals surface area contributed by atoms with Crippen LogP contribution in [-0.4, -0.2) is 0 Å². The zero-order valence-corrected chi connectivity index (χ0v) is 23.8. The Balaban J connectivity index is 1.55. The summed E-state index contributed by atoms with van der Waals surface area (Å²) in [5.41, 5.74) is 13.3. The maximum absolute atomic E-state index is 2.58. The highest BCUT2D eigenvalue weighted by molar-refractivity contribution is 6.17. The van der Waals surface area contributed by atoms with E-state index in [1.54, 1.807) is 0 Å². The Kier molecular flexibility index (Phi) is 4.62. The molecule has 0 atom stereocenters. The van der Waals surface area contributed by atoms with Crippen LogP contribution in [-0.2, 0) is 10.8 Å². The molecule has 1 aliphatic heterocycles. The molecular formula is C39H33N. The van der Waals surface area contributed by atoms with Gasteiger partial charge < -0.3 is 4.90 Å². The summed E-state index contributed by atoms with van der Waals surface area (Å²) in [7, 11) is 0. The molecule has 8 rings (SSSR count). The van der Waals surface area contributed by atoms with Crippen LogP contribution in [0.5, 0.6) is 0 Å². The van der Waals surface area contributed by atoms with Crippen molar-refractivity contribution in [3.8, 4) is 11.1 Å². The maximum atomic E-state index is 2.58. The lowest BCUT2D eigenvalue weighted by atomic mass is 9.71. The lowest BCUT2D eigenvalue weighted by Crippen LogP contribution is -2.31. The first-order chi connectivity index (χ1) is 19.3. The third-order valence-electron chi connectivity index (χ3n) is 9.83. The van der Waals surface area contributed by atoms with Crippen molar-refractivity contribution in [1.29, 1.82) is 0 Å². The van der Waals surface area contributed by atoms with Crippen LogP contribution in [0.1, 0.15) is 55.5 Å². The van der Waals surface area contributed by atoms with Crippen molar-refractivity contribution in [1.82, 2.24) is 0 Å². The summed E-state index contributed by atoms with van der Waals surface area (Å²) in [4.78, 5) is 2.58. The largest absolute Gasteiger partial charge is 0.309 e. The topological polar surface area (TPSA) is 3.24 Å². The van der Waals surface area contributed by atoms with E-state index in [9.17, 15) is 0 Å². The van der Waals surface area contributed by atoms with Gasteiger partial charge in [-0.1, -0.05) is 119 Å². The fraction of sp³-hybridized carbons (Fsp3) is 0.179. The number of para-hydroxylation sites is 1. The standard InChI is InChI=1S/C39H33N/c1-24-25-14-6-8-17-28(25)37(29-18-9-7-15-26(24)29)40-35-21-13-12-20-32(35)39(4,5)34-22-30-27-16-10-11-19-31(27)38(2,3)33(30)23-36(34)40/h6-23H,1-5H3. The molecule has 0 fully saturated rings. The SMILES string of the molecule is Cc1c2ccccc2c(N2c3ccccc3C(C)(C)c3cc4c(cc32)C(C)(C)c2ccccc2-4)c2ccccc12. The number of hydrogen-bond acceptors (Lipinski definition) is 1. The second-order valence-electron chi connectivity index (χ2n) is 12.6. The Morgan fingerprint density at radius 3 is 1.65 bits per heavy atom. The van der Waals surface area contributed by atoms with Gasteiger partial charge in [-0.15, -0.1) is 0 Å². The molecular weight excluding hydrogens is 482 g/mol. The minimum Gasteiger partial charge on any atom is -0.309 e. The third kappa shape index (κ3) is 2.88. The molecule has 0 N–H and O–H groups in total. The fourth-order valence-electron chi connectivity index (χ4n) is 7.70. The average Bonchev–Trinajstić information content (AvgIpc) is 3.20. The van der Waals surface area contributed by atoms with Crippen molar-refractivity contribution < 1.29 is 0 Å². The second-order valence-corrected chi connectivity index (χ2v) is 12.6. The van der Waals surface area contributed by atoms with E-state index >= 15 is 0 Å². The van der Waals surface area contributed by atoms with E-state index in [2.05, 4.69) is 149 Å². The highest BCUT2D eigenvalue weighted by Gasteiger charge is 2.42. The van der Waals surface area contributed by atoms with Gasteiger partial charge in [-0.2, -0.15) is 0 Å². The Morgan fingerprint density at radius 2 is 0.975 bits per heavy atom. The number of hydrogen-bond donors (Lipinski definition) is 0. The summed E-state index contributed by atoms with van der Waals surface area (Å²) in [5, 5.41) is 5.22. The van der Waals surface area contributed by atoms with Crippen molar-refractivity contribution in [2.75, 3.05) is 4.90 Å². The van der Waals surface area contributed by atoms with Crippen LogP contribution in [0.25, 0.3) is 32.7 Å². The second kappa shape index (κ2) is 7.86. The molecule has 194 valence electrons. The van der Waals surface area contributed by atoms with Gasteiger partial charge in [0, 0.05) is 21.6 Å². The van der Waals surface area contributed by atoms with E-state index in [0.717, 1.165) is 0 Å². The lowest BCUT2D eigenvalue weighted by molar-refractivity contribution is 0.627. The van der Waals surface area contributed by atoms with Crippen LogP contribution in [0.15, 0.2) is 109 Å². The summed E-state index contributed by atoms with van der Waals surface area (Å²) in [6.07, 6.45) is 0.